The van der Waals surface area contributed by atoms with Gasteiger partial charge in [-0.3, -0.25) is 14.9 Å². The molecule has 0 aliphatic heterocycles. The summed E-state index contributed by atoms with van der Waals surface area (Å²) in [6, 6.07) is 11.8. The number of hydrogen-bond donors (Lipinski definition) is 2. The molecule has 6 nitrogen and oxygen atoms in total. The van der Waals surface area contributed by atoms with Crippen LogP contribution in [0.25, 0.3) is 0 Å². The second-order valence-corrected chi connectivity index (χ2v) is 6.15. The summed E-state index contributed by atoms with van der Waals surface area (Å²) in [5, 5.41) is 17.1. The average molecular weight is 346 g/mol. The van der Waals surface area contributed by atoms with Crippen molar-refractivity contribution in [2.24, 2.45) is 5.92 Å². The number of nitrogens with one attached hydrogen (secondary N) is 2. The fourth-order valence-corrected chi connectivity index (χ4v) is 2.55. The first-order valence-corrected chi connectivity index (χ1v) is 7.98. The Bertz CT molecular complexity index is 790. The number of nitro benzene ring substituents is 1. The van der Waals surface area contributed by atoms with E-state index in [1.807, 2.05) is 24.3 Å². The first-order valence-electron chi connectivity index (χ1n) is 7.60. The van der Waals surface area contributed by atoms with Gasteiger partial charge in [-0.25, -0.2) is 0 Å². The van der Waals surface area contributed by atoms with Gasteiger partial charge in [0.2, 0.25) is 5.91 Å². The van der Waals surface area contributed by atoms with E-state index in [1.165, 1.54) is 12.1 Å². The zero-order valence-electron chi connectivity index (χ0n) is 12.8. The Morgan fingerprint density at radius 1 is 1.25 bits per heavy atom. The standard InChI is InChI=1S/C17H16ClN3O3/c18-15-9-14(21(23)24)6-7-16(15)19-10-11-2-1-3-13(8-11)20-17(22)12-4-5-12/h1-3,6-9,12,19H,4-5,10H2,(H,20,22). The van der Waals surface area contributed by atoms with Crippen LogP contribution in [0.15, 0.2) is 42.5 Å². The fourth-order valence-electron chi connectivity index (χ4n) is 2.31. The summed E-state index contributed by atoms with van der Waals surface area (Å²) in [5.41, 5.74) is 2.31. The SMILES string of the molecule is O=C(Nc1cccc(CNc2ccc([N+](=O)[O-])cc2Cl)c1)C1CC1. The number of nitro groups is 1. The van der Waals surface area contributed by atoms with Crippen molar-refractivity contribution in [1.82, 2.24) is 0 Å². The van der Waals surface area contributed by atoms with E-state index in [9.17, 15) is 14.9 Å². The number of amides is 1. The van der Waals surface area contributed by atoms with Gasteiger partial charge in [0, 0.05) is 30.3 Å². The molecule has 0 spiro atoms. The lowest BCUT2D eigenvalue weighted by atomic mass is 10.2. The molecule has 0 heterocycles. The summed E-state index contributed by atoms with van der Waals surface area (Å²) < 4.78 is 0. The van der Waals surface area contributed by atoms with Crippen LogP contribution in [0.2, 0.25) is 5.02 Å². The smallest absolute Gasteiger partial charge is 0.271 e. The number of rotatable bonds is 6. The van der Waals surface area contributed by atoms with E-state index in [-0.39, 0.29) is 17.5 Å². The lowest BCUT2D eigenvalue weighted by molar-refractivity contribution is -0.384. The highest BCUT2D eigenvalue weighted by Gasteiger charge is 2.29. The monoisotopic (exact) mass is 345 g/mol. The molecule has 1 aliphatic carbocycles. The molecular formula is C17H16ClN3O3. The molecular weight excluding hydrogens is 330 g/mol. The lowest BCUT2D eigenvalue weighted by Crippen LogP contribution is -2.13. The molecule has 0 bridgehead atoms. The van der Waals surface area contributed by atoms with Gasteiger partial charge in [-0.1, -0.05) is 23.7 Å². The van der Waals surface area contributed by atoms with Crippen LogP contribution in [0, 0.1) is 16.0 Å². The molecule has 1 saturated carbocycles. The highest BCUT2D eigenvalue weighted by molar-refractivity contribution is 6.33. The highest BCUT2D eigenvalue weighted by atomic mass is 35.5. The number of carbonyl (C=O) groups is 1. The van der Waals surface area contributed by atoms with Gasteiger partial charge >= 0.3 is 0 Å². The maximum absolute atomic E-state index is 11.8. The third-order valence-electron chi connectivity index (χ3n) is 3.79. The summed E-state index contributed by atoms with van der Waals surface area (Å²) in [6.07, 6.45) is 1.93. The summed E-state index contributed by atoms with van der Waals surface area (Å²) in [5.74, 6) is 0.226. The number of halogens is 1. The first kappa shape index (κ1) is 16.3. The predicted molar refractivity (Wildman–Crippen MR) is 93.2 cm³/mol. The van der Waals surface area contributed by atoms with Crippen LogP contribution < -0.4 is 10.6 Å². The third kappa shape index (κ3) is 4.02. The van der Waals surface area contributed by atoms with Crippen LogP contribution in [0.1, 0.15) is 18.4 Å². The van der Waals surface area contributed by atoms with Crippen molar-refractivity contribution in [2.75, 3.05) is 10.6 Å². The second kappa shape index (κ2) is 6.88. The Morgan fingerprint density at radius 2 is 2.04 bits per heavy atom. The van der Waals surface area contributed by atoms with Crippen LogP contribution in [-0.4, -0.2) is 10.8 Å². The predicted octanol–water partition coefficient (Wildman–Crippen LogP) is 4.21. The molecule has 2 aromatic rings. The van der Waals surface area contributed by atoms with Crippen molar-refractivity contribution in [3.63, 3.8) is 0 Å². The fraction of sp³-hybridized carbons (Fsp3) is 0.235. The summed E-state index contributed by atoms with van der Waals surface area (Å²) in [6.45, 7) is 0.491. The van der Waals surface area contributed by atoms with Gasteiger partial charge < -0.3 is 10.6 Å². The van der Waals surface area contributed by atoms with Crippen molar-refractivity contribution >= 4 is 34.6 Å². The second-order valence-electron chi connectivity index (χ2n) is 5.74. The Hall–Kier alpha value is -2.60. The quantitative estimate of drug-likeness (QED) is 0.606. The minimum absolute atomic E-state index is 0.0460. The van der Waals surface area contributed by atoms with Crippen LogP contribution in [0.4, 0.5) is 17.1 Å². The van der Waals surface area contributed by atoms with E-state index in [0.29, 0.717) is 17.3 Å². The maximum Gasteiger partial charge on any atom is 0.271 e. The molecule has 24 heavy (non-hydrogen) atoms. The number of carbonyl (C=O) groups excluding carboxylic acids is 1. The zero-order valence-corrected chi connectivity index (χ0v) is 13.5. The van der Waals surface area contributed by atoms with Gasteiger partial charge in [0.15, 0.2) is 0 Å². The maximum atomic E-state index is 11.8. The van der Waals surface area contributed by atoms with E-state index in [2.05, 4.69) is 10.6 Å². The normalized spacial score (nSPS) is 13.4. The number of nitrogens with zero attached hydrogens (tertiary/aromatic N) is 1. The third-order valence-corrected chi connectivity index (χ3v) is 4.10. The van der Waals surface area contributed by atoms with Crippen molar-refractivity contribution in [3.8, 4) is 0 Å². The number of hydrogen-bond acceptors (Lipinski definition) is 4. The van der Waals surface area contributed by atoms with E-state index in [1.54, 1.807) is 6.07 Å². The minimum Gasteiger partial charge on any atom is -0.380 e. The molecule has 124 valence electrons. The molecule has 0 radical (unpaired) electrons. The summed E-state index contributed by atoms with van der Waals surface area (Å²) in [7, 11) is 0. The average Bonchev–Trinajstić information content (AvgIpc) is 3.39. The van der Waals surface area contributed by atoms with Gasteiger partial charge in [-0.05, 0) is 36.6 Å². The van der Waals surface area contributed by atoms with Crippen LogP contribution in [0.3, 0.4) is 0 Å². The molecule has 1 fully saturated rings. The molecule has 3 rings (SSSR count). The molecule has 1 amide bonds. The molecule has 0 atom stereocenters. The van der Waals surface area contributed by atoms with E-state index >= 15 is 0 Å². The summed E-state index contributed by atoms with van der Waals surface area (Å²) in [4.78, 5) is 22.0. The molecule has 1 aliphatic rings. The zero-order chi connectivity index (χ0) is 17.1. The minimum atomic E-state index is -0.484. The number of anilines is 2. The molecule has 0 unspecified atom stereocenters. The Balaban J connectivity index is 1.64. The van der Waals surface area contributed by atoms with E-state index in [4.69, 9.17) is 11.6 Å². The van der Waals surface area contributed by atoms with Gasteiger partial charge in [-0.15, -0.1) is 0 Å². The van der Waals surface area contributed by atoms with Crippen LogP contribution in [0.5, 0.6) is 0 Å². The Morgan fingerprint density at radius 3 is 2.71 bits per heavy atom. The molecule has 0 aromatic heterocycles. The highest BCUT2D eigenvalue weighted by Crippen LogP contribution is 2.30. The van der Waals surface area contributed by atoms with E-state index < -0.39 is 4.92 Å². The van der Waals surface area contributed by atoms with Crippen molar-refractivity contribution < 1.29 is 9.72 Å². The Labute approximate surface area is 144 Å². The van der Waals surface area contributed by atoms with Crippen molar-refractivity contribution in [3.05, 3.63) is 63.2 Å². The van der Waals surface area contributed by atoms with Crippen molar-refractivity contribution in [1.29, 1.82) is 0 Å². The summed E-state index contributed by atoms with van der Waals surface area (Å²) >= 11 is 6.06. The van der Waals surface area contributed by atoms with Gasteiger partial charge in [0.1, 0.15) is 0 Å². The van der Waals surface area contributed by atoms with Gasteiger partial charge in [0.25, 0.3) is 5.69 Å². The molecule has 0 saturated heterocycles. The number of non-ortho nitro benzene ring substituents is 1. The Kier molecular flexibility index (Phi) is 4.66. The molecule has 7 heteroatoms. The van der Waals surface area contributed by atoms with E-state index in [0.717, 1.165) is 24.1 Å². The molecule has 2 aromatic carbocycles. The first-order chi connectivity index (χ1) is 11.5. The van der Waals surface area contributed by atoms with Crippen LogP contribution >= 0.6 is 11.6 Å². The van der Waals surface area contributed by atoms with Gasteiger partial charge in [-0.2, -0.15) is 0 Å². The largest absolute Gasteiger partial charge is 0.380 e. The van der Waals surface area contributed by atoms with Gasteiger partial charge in [0.05, 0.1) is 15.6 Å². The lowest BCUT2D eigenvalue weighted by Gasteiger charge is -2.10. The number of benzene rings is 2. The topological polar surface area (TPSA) is 84.3 Å². The van der Waals surface area contributed by atoms with Crippen LogP contribution in [-0.2, 0) is 11.3 Å². The van der Waals surface area contributed by atoms with Crippen molar-refractivity contribution in [2.45, 2.75) is 19.4 Å². The molecule has 2 N–H and O–H groups in total.